The van der Waals surface area contributed by atoms with Crippen molar-refractivity contribution in [2.45, 2.75) is 25.0 Å². The molecule has 1 saturated heterocycles. The third-order valence-electron chi connectivity index (χ3n) is 5.04. The normalized spacial score (nSPS) is 22.7. The molecule has 4 rings (SSSR count). The number of likely N-dealkylation sites (N-methyl/N-ethyl adjacent to an activating group) is 1. The summed E-state index contributed by atoms with van der Waals surface area (Å²) in [6.45, 7) is -0.182. The molecule has 0 radical (unpaired) electrons. The summed E-state index contributed by atoms with van der Waals surface area (Å²) in [6.07, 6.45) is -1.59. The molecule has 1 fully saturated rings. The van der Waals surface area contributed by atoms with E-state index in [-0.39, 0.29) is 24.6 Å². The first-order valence-electron chi connectivity index (χ1n) is 8.34. The molecule has 1 aromatic rings. The predicted octanol–water partition coefficient (Wildman–Crippen LogP) is 0.280. The molecule has 0 aliphatic carbocycles. The van der Waals surface area contributed by atoms with Gasteiger partial charge in [-0.3, -0.25) is 9.69 Å². The topological polar surface area (TPSA) is 122 Å². The third kappa shape index (κ3) is 2.84. The minimum atomic E-state index is -3.97. The van der Waals surface area contributed by atoms with Gasteiger partial charge in [0, 0.05) is 13.1 Å². The molecule has 0 bridgehead atoms. The van der Waals surface area contributed by atoms with E-state index in [4.69, 9.17) is 4.74 Å². The van der Waals surface area contributed by atoms with Crippen LogP contribution in [0.4, 0.5) is 25.4 Å². The highest BCUT2D eigenvalue weighted by atomic mass is 32.2. The number of carbonyl (C=O) groups is 3. The molecular formula is C16H16FN3O7S. The molecule has 10 nitrogen and oxygen atoms in total. The summed E-state index contributed by atoms with van der Waals surface area (Å²) in [5.74, 6) is -0.840. The molecule has 0 spiro atoms. The average Bonchev–Trinajstić information content (AvgIpc) is 3.18. The third-order valence-corrected chi connectivity index (χ3v) is 5.50. The number of benzene rings is 1. The van der Waals surface area contributed by atoms with Gasteiger partial charge in [-0.1, -0.05) is 0 Å². The van der Waals surface area contributed by atoms with Crippen LogP contribution >= 0.6 is 0 Å². The lowest BCUT2D eigenvalue weighted by molar-refractivity contribution is -0.117. The van der Waals surface area contributed by atoms with E-state index in [1.165, 1.54) is 22.9 Å². The maximum Gasteiger partial charge on any atom is 0.422 e. The maximum atomic E-state index is 14.6. The number of carbonyl (C=O) groups excluding carboxylic acids is 3. The minimum absolute atomic E-state index is 0.0468. The van der Waals surface area contributed by atoms with Crippen molar-refractivity contribution in [2.24, 2.45) is 0 Å². The number of nitrogens with zero attached hydrogens (tertiary/aromatic N) is 2. The van der Waals surface area contributed by atoms with E-state index in [0.29, 0.717) is 23.2 Å². The van der Waals surface area contributed by atoms with Crippen molar-refractivity contribution in [3.8, 4) is 0 Å². The lowest BCUT2D eigenvalue weighted by Crippen LogP contribution is -2.41. The van der Waals surface area contributed by atoms with Crippen molar-refractivity contribution in [1.29, 1.82) is 0 Å². The maximum absolute atomic E-state index is 14.6. The molecule has 28 heavy (non-hydrogen) atoms. The molecule has 3 heterocycles. The Labute approximate surface area is 159 Å². The fourth-order valence-corrected chi connectivity index (χ4v) is 4.25. The SMILES string of the molecule is CN1C(=O)Cc2c3c(cc(F)c21)N1C(=O)O[C@@H](CNC(=O)OS(C)(=O)=O)[C@@H]1C3. The first kappa shape index (κ1) is 18.5. The van der Waals surface area contributed by atoms with Crippen LogP contribution in [0.2, 0.25) is 0 Å². The predicted molar refractivity (Wildman–Crippen MR) is 93.1 cm³/mol. The Morgan fingerprint density at radius 2 is 2.11 bits per heavy atom. The number of hydrogen-bond acceptors (Lipinski definition) is 7. The van der Waals surface area contributed by atoms with Gasteiger partial charge in [0.2, 0.25) is 5.91 Å². The highest BCUT2D eigenvalue weighted by molar-refractivity contribution is 7.86. The second-order valence-electron chi connectivity index (χ2n) is 6.83. The van der Waals surface area contributed by atoms with Gasteiger partial charge in [0.25, 0.3) is 0 Å². The Balaban J connectivity index is 1.57. The van der Waals surface area contributed by atoms with Gasteiger partial charge in [0.15, 0.2) is 0 Å². The van der Waals surface area contributed by atoms with Crippen molar-refractivity contribution < 1.29 is 36.1 Å². The van der Waals surface area contributed by atoms with E-state index in [0.717, 1.165) is 6.26 Å². The standard InChI is InChI=1S/C16H16FN3O7S/c1-19-13(21)4-8-7-3-11-12(6-18-15(22)27-28(2,24)25)26-16(23)20(11)10(7)5-9(17)14(8)19/h5,11-12H,3-4,6H2,1-2H3,(H,18,22)/t11-,12-/m0/s1. The van der Waals surface area contributed by atoms with Crippen molar-refractivity contribution in [3.63, 3.8) is 0 Å². The molecule has 1 aromatic carbocycles. The lowest BCUT2D eigenvalue weighted by atomic mass is 9.98. The van der Waals surface area contributed by atoms with Gasteiger partial charge in [-0.05, 0) is 17.5 Å². The second-order valence-corrected chi connectivity index (χ2v) is 8.41. The molecule has 3 amide bonds. The summed E-state index contributed by atoms with van der Waals surface area (Å²) in [5.41, 5.74) is 1.80. The Kier molecular flexibility index (Phi) is 4.00. The zero-order valence-corrected chi connectivity index (χ0v) is 15.7. The molecule has 1 N–H and O–H groups in total. The van der Waals surface area contributed by atoms with Crippen LogP contribution in [0.3, 0.4) is 0 Å². The van der Waals surface area contributed by atoms with Gasteiger partial charge in [0.05, 0.1) is 36.6 Å². The average molecular weight is 413 g/mol. The Morgan fingerprint density at radius 1 is 1.39 bits per heavy atom. The number of cyclic esters (lactones) is 1. The summed E-state index contributed by atoms with van der Waals surface area (Å²) in [5, 5.41) is 2.24. The molecule has 0 aromatic heterocycles. The number of rotatable bonds is 3. The molecule has 150 valence electrons. The van der Waals surface area contributed by atoms with Gasteiger partial charge < -0.3 is 19.1 Å². The highest BCUT2D eigenvalue weighted by Crippen LogP contribution is 2.46. The quantitative estimate of drug-likeness (QED) is 0.706. The van der Waals surface area contributed by atoms with Crippen LogP contribution in [0, 0.1) is 5.82 Å². The van der Waals surface area contributed by atoms with E-state index in [1.54, 1.807) is 0 Å². The fraction of sp³-hybridized carbons (Fsp3) is 0.438. The number of halogens is 1. The van der Waals surface area contributed by atoms with E-state index in [1.807, 2.05) is 0 Å². The van der Waals surface area contributed by atoms with Gasteiger partial charge in [-0.2, -0.15) is 8.42 Å². The zero-order chi connectivity index (χ0) is 20.4. The van der Waals surface area contributed by atoms with Crippen LogP contribution in [0.1, 0.15) is 11.1 Å². The van der Waals surface area contributed by atoms with E-state index >= 15 is 0 Å². The Morgan fingerprint density at radius 3 is 2.79 bits per heavy atom. The summed E-state index contributed by atoms with van der Waals surface area (Å²) < 4.78 is 45.9. The van der Waals surface area contributed by atoms with E-state index < -0.39 is 40.3 Å². The van der Waals surface area contributed by atoms with Gasteiger partial charge >= 0.3 is 22.3 Å². The van der Waals surface area contributed by atoms with Gasteiger partial charge in [-0.25, -0.2) is 14.0 Å². The number of ether oxygens (including phenoxy) is 1. The zero-order valence-electron chi connectivity index (χ0n) is 14.9. The molecule has 3 aliphatic heterocycles. The van der Waals surface area contributed by atoms with Crippen molar-refractivity contribution in [3.05, 3.63) is 23.0 Å². The minimum Gasteiger partial charge on any atom is -0.442 e. The molecule has 0 saturated carbocycles. The Hall–Kier alpha value is -2.89. The van der Waals surface area contributed by atoms with E-state index in [9.17, 15) is 27.2 Å². The largest absolute Gasteiger partial charge is 0.442 e. The fourth-order valence-electron chi connectivity index (χ4n) is 3.91. The second kappa shape index (κ2) is 6.06. The smallest absolute Gasteiger partial charge is 0.422 e. The summed E-state index contributed by atoms with van der Waals surface area (Å²) in [7, 11) is -2.48. The molecule has 3 aliphatic rings. The lowest BCUT2D eigenvalue weighted by Gasteiger charge is -2.17. The summed E-state index contributed by atoms with van der Waals surface area (Å²) >= 11 is 0. The van der Waals surface area contributed by atoms with Crippen LogP contribution in [0.15, 0.2) is 6.07 Å². The highest BCUT2D eigenvalue weighted by Gasteiger charge is 2.50. The number of amides is 3. The molecule has 12 heteroatoms. The number of hydrogen-bond donors (Lipinski definition) is 1. The van der Waals surface area contributed by atoms with Crippen LogP contribution in [-0.2, 0) is 36.7 Å². The number of nitrogens with one attached hydrogen (secondary N) is 1. The molecule has 0 unspecified atom stereocenters. The monoisotopic (exact) mass is 413 g/mol. The van der Waals surface area contributed by atoms with Crippen LogP contribution in [0.5, 0.6) is 0 Å². The van der Waals surface area contributed by atoms with Crippen molar-refractivity contribution >= 4 is 39.6 Å². The van der Waals surface area contributed by atoms with E-state index in [2.05, 4.69) is 9.50 Å². The van der Waals surface area contributed by atoms with Crippen LogP contribution in [-0.4, -0.2) is 58.5 Å². The van der Waals surface area contributed by atoms with Crippen molar-refractivity contribution in [2.75, 3.05) is 29.6 Å². The number of anilines is 2. The van der Waals surface area contributed by atoms with Crippen LogP contribution < -0.4 is 15.1 Å². The summed E-state index contributed by atoms with van der Waals surface area (Å²) in [4.78, 5) is 38.4. The van der Waals surface area contributed by atoms with Gasteiger partial charge in [0.1, 0.15) is 11.9 Å². The van der Waals surface area contributed by atoms with Crippen LogP contribution in [0.25, 0.3) is 0 Å². The first-order chi connectivity index (χ1) is 13.1. The van der Waals surface area contributed by atoms with Crippen molar-refractivity contribution in [1.82, 2.24) is 5.32 Å². The molecule has 2 atom stereocenters. The molecular weight excluding hydrogens is 397 g/mol. The first-order valence-corrected chi connectivity index (χ1v) is 10.2. The van der Waals surface area contributed by atoms with Gasteiger partial charge in [-0.15, -0.1) is 0 Å². The number of fused-ring (bicyclic) bond motifs is 5. The Bertz CT molecular complexity index is 1030. The summed E-state index contributed by atoms with van der Waals surface area (Å²) in [6, 6.07) is 0.686.